The van der Waals surface area contributed by atoms with Crippen LogP contribution in [-0.2, 0) is 0 Å². The summed E-state index contributed by atoms with van der Waals surface area (Å²) in [5.74, 6) is 0.432. The van der Waals surface area contributed by atoms with Crippen LogP contribution in [0.5, 0.6) is 5.88 Å². The van der Waals surface area contributed by atoms with E-state index >= 15 is 0 Å². The fraction of sp³-hybridized carbons (Fsp3) is 0.0769. The third-order valence-electron chi connectivity index (χ3n) is 2.25. The Balaban J connectivity index is 2.53. The Morgan fingerprint density at radius 3 is 3.00 bits per heavy atom. The Hall–Kier alpha value is -2.36. The minimum Gasteiger partial charge on any atom is -0.473 e. The Labute approximate surface area is 98.9 Å². The van der Waals surface area contributed by atoms with Crippen LogP contribution in [0.2, 0.25) is 0 Å². The third kappa shape index (κ3) is 2.42. The van der Waals surface area contributed by atoms with Gasteiger partial charge in [-0.2, -0.15) is 0 Å². The monoisotopic (exact) mass is 228 g/mol. The van der Waals surface area contributed by atoms with Crippen molar-refractivity contribution >= 4 is 17.1 Å². The topological polar surface area (TPSA) is 54.7 Å². The first-order valence-electron chi connectivity index (χ1n) is 5.16. The van der Waals surface area contributed by atoms with Gasteiger partial charge in [0.2, 0.25) is 5.88 Å². The zero-order valence-electron chi connectivity index (χ0n) is 9.21. The number of aromatic nitrogens is 1. The molecule has 4 heteroatoms. The van der Waals surface area contributed by atoms with E-state index in [9.17, 15) is 0 Å². The Bertz CT molecular complexity index is 564. The number of ether oxygens (including phenoxy) is 1. The fourth-order valence-electron chi connectivity index (χ4n) is 1.52. The van der Waals surface area contributed by atoms with Gasteiger partial charge in [-0.3, -0.25) is 0 Å². The van der Waals surface area contributed by atoms with Crippen LogP contribution in [0.15, 0.2) is 48.1 Å². The minimum atomic E-state index is 0.359. The molecule has 2 aromatic rings. The first kappa shape index (κ1) is 11.1. The number of pyridine rings is 1. The van der Waals surface area contributed by atoms with E-state index in [2.05, 4.69) is 16.7 Å². The molecule has 0 bridgehead atoms. The molecule has 1 aromatic heterocycles. The van der Waals surface area contributed by atoms with Gasteiger partial charge in [0.25, 0.3) is 0 Å². The van der Waals surface area contributed by atoms with Crippen molar-refractivity contribution in [2.45, 2.75) is 0 Å². The van der Waals surface area contributed by atoms with E-state index in [1.165, 1.54) is 6.21 Å². The average Bonchev–Trinajstić information content (AvgIpc) is 2.36. The van der Waals surface area contributed by atoms with Crippen LogP contribution in [0.4, 0.5) is 0 Å². The van der Waals surface area contributed by atoms with Crippen LogP contribution in [0.25, 0.3) is 10.9 Å². The summed E-state index contributed by atoms with van der Waals surface area (Å²) >= 11 is 0. The summed E-state index contributed by atoms with van der Waals surface area (Å²) in [7, 11) is 0. The summed E-state index contributed by atoms with van der Waals surface area (Å²) in [6.45, 7) is 3.94. The standard InChI is InChI=1S/C13H12N2O2/c1-2-7-17-13-11(9-14-16)8-10-5-3-4-6-12(10)15-13/h2-6,8-9,16H,1,7H2/b14-9+. The van der Waals surface area contributed by atoms with Crippen LogP contribution in [0, 0.1) is 0 Å². The average molecular weight is 228 g/mol. The molecule has 0 aliphatic rings. The van der Waals surface area contributed by atoms with Crippen molar-refractivity contribution in [3.05, 3.63) is 48.6 Å². The second-order valence-corrected chi connectivity index (χ2v) is 3.42. The predicted octanol–water partition coefficient (Wildman–Crippen LogP) is 2.61. The molecular formula is C13H12N2O2. The lowest BCUT2D eigenvalue weighted by Gasteiger charge is -2.07. The van der Waals surface area contributed by atoms with E-state index in [0.717, 1.165) is 10.9 Å². The number of para-hydroxylation sites is 1. The van der Waals surface area contributed by atoms with E-state index in [0.29, 0.717) is 18.1 Å². The van der Waals surface area contributed by atoms with Crippen LogP contribution < -0.4 is 4.74 Å². The van der Waals surface area contributed by atoms with Gasteiger partial charge in [0, 0.05) is 5.39 Å². The Morgan fingerprint density at radius 1 is 1.41 bits per heavy atom. The summed E-state index contributed by atoms with van der Waals surface area (Å²) in [6.07, 6.45) is 2.94. The lowest BCUT2D eigenvalue weighted by atomic mass is 10.1. The zero-order chi connectivity index (χ0) is 12.1. The number of hydrogen-bond donors (Lipinski definition) is 1. The normalized spacial score (nSPS) is 10.8. The molecule has 0 unspecified atom stereocenters. The van der Waals surface area contributed by atoms with Gasteiger partial charge in [-0.1, -0.05) is 36.0 Å². The Morgan fingerprint density at radius 2 is 2.24 bits per heavy atom. The third-order valence-corrected chi connectivity index (χ3v) is 2.25. The molecule has 2 rings (SSSR count). The molecule has 0 saturated heterocycles. The van der Waals surface area contributed by atoms with Crippen molar-refractivity contribution in [2.24, 2.45) is 5.16 Å². The van der Waals surface area contributed by atoms with Crippen LogP contribution in [-0.4, -0.2) is 23.0 Å². The lowest BCUT2D eigenvalue weighted by Crippen LogP contribution is -2.00. The summed E-state index contributed by atoms with van der Waals surface area (Å²) in [6, 6.07) is 9.53. The van der Waals surface area contributed by atoms with Gasteiger partial charge in [-0.05, 0) is 12.1 Å². The van der Waals surface area contributed by atoms with Crippen molar-refractivity contribution in [1.29, 1.82) is 0 Å². The summed E-state index contributed by atoms with van der Waals surface area (Å²) in [5.41, 5.74) is 1.47. The van der Waals surface area contributed by atoms with Gasteiger partial charge in [0.15, 0.2) is 0 Å². The zero-order valence-corrected chi connectivity index (χ0v) is 9.21. The predicted molar refractivity (Wildman–Crippen MR) is 66.8 cm³/mol. The van der Waals surface area contributed by atoms with Gasteiger partial charge in [0.1, 0.15) is 6.61 Å². The van der Waals surface area contributed by atoms with E-state index < -0.39 is 0 Å². The molecule has 0 spiro atoms. The fourth-order valence-corrected chi connectivity index (χ4v) is 1.52. The number of fused-ring (bicyclic) bond motifs is 1. The maximum atomic E-state index is 8.61. The first-order chi connectivity index (χ1) is 8.35. The molecule has 0 aliphatic carbocycles. The van der Waals surface area contributed by atoms with E-state index in [1.54, 1.807) is 6.08 Å². The number of oxime groups is 1. The first-order valence-corrected chi connectivity index (χ1v) is 5.16. The molecule has 1 aromatic carbocycles. The SMILES string of the molecule is C=CCOc1nc2ccccc2cc1/C=N/O. The number of hydrogen-bond acceptors (Lipinski definition) is 4. The Kier molecular flexibility index (Phi) is 3.35. The van der Waals surface area contributed by atoms with Gasteiger partial charge in [-0.15, -0.1) is 0 Å². The van der Waals surface area contributed by atoms with Gasteiger partial charge in [-0.25, -0.2) is 4.98 Å². The van der Waals surface area contributed by atoms with Crippen LogP contribution >= 0.6 is 0 Å². The maximum Gasteiger partial charge on any atom is 0.223 e. The molecular weight excluding hydrogens is 216 g/mol. The number of nitrogens with zero attached hydrogens (tertiary/aromatic N) is 2. The van der Waals surface area contributed by atoms with E-state index in [4.69, 9.17) is 9.94 Å². The second kappa shape index (κ2) is 5.12. The quantitative estimate of drug-likeness (QED) is 0.379. The van der Waals surface area contributed by atoms with Gasteiger partial charge in [0.05, 0.1) is 17.3 Å². The molecule has 0 aliphatic heterocycles. The molecule has 4 nitrogen and oxygen atoms in total. The maximum absolute atomic E-state index is 8.61. The largest absolute Gasteiger partial charge is 0.473 e. The van der Waals surface area contributed by atoms with Crippen LogP contribution in [0.1, 0.15) is 5.56 Å². The van der Waals surface area contributed by atoms with E-state index in [-0.39, 0.29) is 0 Å². The van der Waals surface area contributed by atoms with Gasteiger partial charge >= 0.3 is 0 Å². The minimum absolute atomic E-state index is 0.359. The highest BCUT2D eigenvalue weighted by Crippen LogP contribution is 2.20. The second-order valence-electron chi connectivity index (χ2n) is 3.42. The van der Waals surface area contributed by atoms with Crippen molar-refractivity contribution < 1.29 is 9.94 Å². The van der Waals surface area contributed by atoms with E-state index in [1.807, 2.05) is 30.3 Å². The van der Waals surface area contributed by atoms with Crippen molar-refractivity contribution in [2.75, 3.05) is 6.61 Å². The smallest absolute Gasteiger partial charge is 0.223 e. The lowest BCUT2D eigenvalue weighted by molar-refractivity contribution is 0.320. The molecule has 0 saturated carbocycles. The van der Waals surface area contributed by atoms with Crippen molar-refractivity contribution in [3.8, 4) is 5.88 Å². The summed E-state index contributed by atoms with van der Waals surface area (Å²) in [5, 5.41) is 12.6. The highest BCUT2D eigenvalue weighted by atomic mass is 16.5. The molecule has 0 atom stereocenters. The van der Waals surface area contributed by atoms with Crippen molar-refractivity contribution in [1.82, 2.24) is 4.98 Å². The molecule has 0 fully saturated rings. The van der Waals surface area contributed by atoms with Crippen molar-refractivity contribution in [3.63, 3.8) is 0 Å². The van der Waals surface area contributed by atoms with Gasteiger partial charge < -0.3 is 9.94 Å². The molecule has 17 heavy (non-hydrogen) atoms. The highest BCUT2D eigenvalue weighted by Gasteiger charge is 2.06. The molecule has 1 heterocycles. The molecule has 1 N–H and O–H groups in total. The molecule has 0 radical (unpaired) electrons. The summed E-state index contributed by atoms with van der Waals surface area (Å²) in [4.78, 5) is 4.36. The van der Waals surface area contributed by atoms with Crippen LogP contribution in [0.3, 0.4) is 0 Å². The highest BCUT2D eigenvalue weighted by molar-refractivity contribution is 5.90. The number of rotatable bonds is 4. The molecule has 0 amide bonds. The number of benzene rings is 1. The summed E-state index contributed by atoms with van der Waals surface area (Å²) < 4.78 is 5.42. The molecule has 86 valence electrons.